The fourth-order valence-electron chi connectivity index (χ4n) is 2.92. The number of halogens is 1. The molecule has 1 aromatic rings. The van der Waals surface area contributed by atoms with Gasteiger partial charge >= 0.3 is 47.6 Å². The Hall–Kier alpha value is -1.28. The van der Waals surface area contributed by atoms with E-state index in [-0.39, 0.29) is 60.3 Å². The van der Waals surface area contributed by atoms with Crippen molar-refractivity contribution in [3.8, 4) is 5.75 Å². The molecule has 1 aliphatic rings. The first-order chi connectivity index (χ1) is 13.8. The predicted octanol–water partition coefficient (Wildman–Crippen LogP) is 3.82. The van der Waals surface area contributed by atoms with Gasteiger partial charge in [0, 0.05) is 23.9 Å². The number of rotatable bonds is 9. The number of carbonyl (C=O) groups is 3. The molecule has 7 nitrogen and oxygen atoms in total. The predicted molar refractivity (Wildman–Crippen MR) is 115 cm³/mol. The summed E-state index contributed by atoms with van der Waals surface area (Å²) in [4.78, 5) is 35.9. The van der Waals surface area contributed by atoms with Gasteiger partial charge in [-0.05, 0) is 43.5 Å². The molecule has 1 aromatic carbocycles. The summed E-state index contributed by atoms with van der Waals surface area (Å²) >= 11 is 5.78. The SMILES string of the molecule is CC(C)C(OC(=O)NCCCC(=O)Oc1ccc(Cl)cc1)OC(=O)C1CCCC1.[NaH]. The Morgan fingerprint density at radius 1 is 1.10 bits per heavy atom. The number of carbonyl (C=O) groups excluding carboxylic acids is 3. The van der Waals surface area contributed by atoms with Gasteiger partial charge in [0.2, 0.25) is 0 Å². The van der Waals surface area contributed by atoms with Gasteiger partial charge in [0.1, 0.15) is 5.75 Å². The molecule has 0 radical (unpaired) electrons. The topological polar surface area (TPSA) is 90.9 Å². The number of esters is 2. The number of hydrogen-bond donors (Lipinski definition) is 1. The Morgan fingerprint density at radius 3 is 2.33 bits per heavy atom. The van der Waals surface area contributed by atoms with Gasteiger partial charge in [0.25, 0.3) is 6.29 Å². The van der Waals surface area contributed by atoms with Crippen LogP contribution in [0.4, 0.5) is 4.79 Å². The van der Waals surface area contributed by atoms with E-state index in [1.165, 1.54) is 0 Å². The number of benzene rings is 1. The van der Waals surface area contributed by atoms with E-state index in [0.717, 1.165) is 25.7 Å². The fraction of sp³-hybridized carbons (Fsp3) is 0.571. The molecule has 0 heterocycles. The molecule has 30 heavy (non-hydrogen) atoms. The standard InChI is InChI=1S/C21H28ClNO6.Na.H/c1-14(2)20(28-19(25)15-6-3-4-7-15)29-21(26)23-13-5-8-18(24)27-17-11-9-16(22)10-12-17;;/h9-12,14-15,20H,3-8,13H2,1-2H3,(H,23,26);;. The van der Waals surface area contributed by atoms with E-state index in [1.807, 2.05) is 13.8 Å². The molecule has 9 heteroatoms. The average molecular weight is 450 g/mol. The van der Waals surface area contributed by atoms with Crippen molar-refractivity contribution in [2.24, 2.45) is 11.8 Å². The van der Waals surface area contributed by atoms with E-state index < -0.39 is 18.4 Å². The molecule has 1 saturated carbocycles. The Morgan fingerprint density at radius 2 is 1.73 bits per heavy atom. The van der Waals surface area contributed by atoms with Crippen LogP contribution in [0.5, 0.6) is 5.75 Å². The maximum absolute atomic E-state index is 12.2. The normalized spacial score (nSPS) is 14.5. The molecule has 1 N–H and O–H groups in total. The van der Waals surface area contributed by atoms with Crippen LogP contribution in [0.3, 0.4) is 0 Å². The van der Waals surface area contributed by atoms with E-state index in [2.05, 4.69) is 5.32 Å². The van der Waals surface area contributed by atoms with Crippen LogP contribution in [0.1, 0.15) is 52.4 Å². The van der Waals surface area contributed by atoms with Crippen LogP contribution < -0.4 is 10.1 Å². The fourth-order valence-corrected chi connectivity index (χ4v) is 3.05. The summed E-state index contributed by atoms with van der Waals surface area (Å²) in [5.41, 5.74) is 0. The Balaban J connectivity index is 0.00000450. The zero-order chi connectivity index (χ0) is 21.2. The number of ether oxygens (including phenoxy) is 3. The van der Waals surface area contributed by atoms with Crippen LogP contribution in [-0.4, -0.2) is 60.4 Å². The Labute approximate surface area is 204 Å². The molecular weight excluding hydrogens is 421 g/mol. The van der Waals surface area contributed by atoms with Crippen LogP contribution in [-0.2, 0) is 19.1 Å². The molecular formula is C21H29ClNNaO6. The van der Waals surface area contributed by atoms with Gasteiger partial charge in [-0.2, -0.15) is 0 Å². The minimum atomic E-state index is -0.932. The van der Waals surface area contributed by atoms with Gasteiger partial charge in [0.05, 0.1) is 5.92 Å². The van der Waals surface area contributed by atoms with Crippen molar-refractivity contribution in [3.63, 3.8) is 0 Å². The van der Waals surface area contributed by atoms with Gasteiger partial charge in [-0.1, -0.05) is 38.3 Å². The van der Waals surface area contributed by atoms with Crippen LogP contribution in [0, 0.1) is 11.8 Å². The molecule has 1 atom stereocenters. The monoisotopic (exact) mass is 449 g/mol. The number of hydrogen-bond acceptors (Lipinski definition) is 6. The van der Waals surface area contributed by atoms with Gasteiger partial charge in [-0.3, -0.25) is 9.59 Å². The summed E-state index contributed by atoms with van der Waals surface area (Å²) in [5, 5.41) is 3.12. The molecule has 0 saturated heterocycles. The van der Waals surface area contributed by atoms with Crippen LogP contribution >= 0.6 is 11.6 Å². The van der Waals surface area contributed by atoms with E-state index >= 15 is 0 Å². The van der Waals surface area contributed by atoms with Crippen molar-refractivity contribution in [2.75, 3.05) is 6.54 Å². The second-order valence-electron chi connectivity index (χ2n) is 7.39. The van der Waals surface area contributed by atoms with Gasteiger partial charge in [-0.15, -0.1) is 0 Å². The molecule has 1 aliphatic carbocycles. The van der Waals surface area contributed by atoms with Gasteiger partial charge in [0.15, 0.2) is 0 Å². The maximum atomic E-state index is 12.2. The zero-order valence-corrected chi connectivity index (χ0v) is 17.6. The van der Waals surface area contributed by atoms with Crippen molar-refractivity contribution < 1.29 is 28.6 Å². The summed E-state index contributed by atoms with van der Waals surface area (Å²) in [6.07, 6.45) is 2.58. The number of alkyl carbamates (subject to hydrolysis) is 1. The van der Waals surface area contributed by atoms with Crippen LogP contribution in [0.2, 0.25) is 5.02 Å². The third-order valence-electron chi connectivity index (χ3n) is 4.56. The molecule has 1 fully saturated rings. The van der Waals surface area contributed by atoms with E-state index in [1.54, 1.807) is 24.3 Å². The summed E-state index contributed by atoms with van der Waals surface area (Å²) in [7, 11) is 0. The first-order valence-corrected chi connectivity index (χ1v) is 10.3. The molecule has 0 aliphatic heterocycles. The second-order valence-corrected chi connectivity index (χ2v) is 7.83. The third kappa shape index (κ3) is 9.69. The summed E-state index contributed by atoms with van der Waals surface area (Å²) < 4.78 is 15.8. The minimum absolute atomic E-state index is 0. The van der Waals surface area contributed by atoms with Crippen molar-refractivity contribution >= 4 is 59.2 Å². The molecule has 1 amide bonds. The second kappa shape index (κ2) is 13.9. The molecule has 1 unspecified atom stereocenters. The first kappa shape index (κ1) is 26.8. The molecule has 162 valence electrons. The van der Waals surface area contributed by atoms with Crippen molar-refractivity contribution in [1.29, 1.82) is 0 Å². The molecule has 0 spiro atoms. The van der Waals surface area contributed by atoms with E-state index in [4.69, 9.17) is 25.8 Å². The number of amides is 1. The van der Waals surface area contributed by atoms with Crippen LogP contribution in [0.15, 0.2) is 24.3 Å². The van der Waals surface area contributed by atoms with Crippen LogP contribution in [0.25, 0.3) is 0 Å². The molecule has 0 aromatic heterocycles. The molecule has 0 bridgehead atoms. The zero-order valence-electron chi connectivity index (χ0n) is 16.8. The van der Waals surface area contributed by atoms with Crippen molar-refractivity contribution in [3.05, 3.63) is 29.3 Å². The summed E-state index contributed by atoms with van der Waals surface area (Å²) in [6, 6.07) is 6.47. The molecule has 2 rings (SSSR count). The van der Waals surface area contributed by atoms with E-state index in [9.17, 15) is 14.4 Å². The quantitative estimate of drug-likeness (QED) is 0.202. The third-order valence-corrected chi connectivity index (χ3v) is 4.81. The number of nitrogens with one attached hydrogen (secondary N) is 1. The Kier molecular flexibility index (Phi) is 12.4. The van der Waals surface area contributed by atoms with Gasteiger partial charge in [-0.25, -0.2) is 4.79 Å². The average Bonchev–Trinajstić information content (AvgIpc) is 3.21. The first-order valence-electron chi connectivity index (χ1n) is 9.96. The Bertz CT molecular complexity index is 691. The summed E-state index contributed by atoms with van der Waals surface area (Å²) in [5.74, 6) is -0.572. The van der Waals surface area contributed by atoms with Crippen molar-refractivity contribution in [1.82, 2.24) is 5.32 Å². The van der Waals surface area contributed by atoms with Gasteiger partial charge < -0.3 is 19.5 Å². The van der Waals surface area contributed by atoms with Crippen molar-refractivity contribution in [2.45, 2.75) is 58.7 Å². The summed E-state index contributed by atoms with van der Waals surface area (Å²) in [6.45, 7) is 3.86. The van der Waals surface area contributed by atoms with E-state index in [0.29, 0.717) is 17.2 Å².